The number of nitrogens with two attached hydrogens (primary N) is 1. The van der Waals surface area contributed by atoms with Crippen LogP contribution >= 0.6 is 7.75 Å². The molecule has 2 aromatic carbocycles. The molecule has 4 N–H and O–H groups in total. The first-order valence-corrected chi connectivity index (χ1v) is 14.9. The van der Waals surface area contributed by atoms with E-state index in [1.54, 1.807) is 30.5 Å². The second-order valence-corrected chi connectivity index (χ2v) is 11.7. The minimum absolute atomic E-state index is 0.0118. The Hall–Kier alpha value is -3.81. The second-order valence-electron chi connectivity index (χ2n) is 10.0. The van der Waals surface area contributed by atoms with Gasteiger partial charge in [-0.15, -0.1) is 0 Å². The first-order chi connectivity index (χ1) is 20.1. The number of nitrogens with one attached hydrogen (secondary N) is 1. The van der Waals surface area contributed by atoms with Gasteiger partial charge >= 0.3 is 13.7 Å². The van der Waals surface area contributed by atoms with Gasteiger partial charge in [0.25, 0.3) is 0 Å². The predicted molar refractivity (Wildman–Crippen MR) is 153 cm³/mol. The van der Waals surface area contributed by atoms with Crippen molar-refractivity contribution in [2.24, 2.45) is 0 Å². The maximum absolute atomic E-state index is 14.1. The van der Waals surface area contributed by atoms with Gasteiger partial charge in [-0.05, 0) is 32.2 Å². The average Bonchev–Trinajstić information content (AvgIpc) is 3.54. The van der Waals surface area contributed by atoms with E-state index in [2.05, 4.69) is 20.0 Å². The Kier molecular flexibility index (Phi) is 8.62. The van der Waals surface area contributed by atoms with Gasteiger partial charge in [-0.1, -0.05) is 36.4 Å². The van der Waals surface area contributed by atoms with Crippen LogP contribution in [0.15, 0.2) is 48.8 Å². The molecule has 1 saturated heterocycles. The van der Waals surface area contributed by atoms with E-state index < -0.39 is 38.2 Å². The van der Waals surface area contributed by atoms with Crippen LogP contribution in [0.25, 0.3) is 21.9 Å². The van der Waals surface area contributed by atoms with Crippen molar-refractivity contribution in [3.63, 3.8) is 0 Å². The molecule has 0 spiro atoms. The first-order valence-electron chi connectivity index (χ1n) is 13.3. The van der Waals surface area contributed by atoms with Crippen LogP contribution in [-0.4, -0.2) is 68.7 Å². The van der Waals surface area contributed by atoms with Crippen molar-refractivity contribution in [2.45, 2.75) is 57.8 Å². The third-order valence-electron chi connectivity index (χ3n) is 6.55. The first kappa shape index (κ1) is 29.7. The summed E-state index contributed by atoms with van der Waals surface area (Å²) in [6.07, 6.45) is -1.32. The lowest BCUT2D eigenvalue weighted by molar-refractivity contribution is -0.149. The molecule has 3 heterocycles. The molecule has 0 aliphatic carbocycles. The highest BCUT2D eigenvalue weighted by Crippen LogP contribution is 2.47. The number of hydrogen-bond donors (Lipinski definition) is 3. The molecule has 0 amide bonds. The van der Waals surface area contributed by atoms with E-state index >= 15 is 0 Å². The number of methoxy groups -OCH3 is 1. The molecule has 224 valence electrons. The molecular weight excluding hydrogens is 567 g/mol. The minimum atomic E-state index is -4.23. The number of aromatic nitrogens is 4. The summed E-state index contributed by atoms with van der Waals surface area (Å²) < 4.78 is 44.1. The summed E-state index contributed by atoms with van der Waals surface area (Å²) in [5, 5.41) is 15.1. The highest BCUT2D eigenvalue weighted by atomic mass is 31.2. The van der Waals surface area contributed by atoms with Crippen molar-refractivity contribution < 1.29 is 37.7 Å². The summed E-state index contributed by atoms with van der Waals surface area (Å²) in [5.41, 5.74) is 6.57. The van der Waals surface area contributed by atoms with Gasteiger partial charge in [0.15, 0.2) is 11.2 Å². The van der Waals surface area contributed by atoms with Gasteiger partial charge in [0, 0.05) is 11.8 Å². The maximum Gasteiger partial charge on any atom is 0.459 e. The third-order valence-corrected chi connectivity index (χ3v) is 8.18. The molecule has 42 heavy (non-hydrogen) atoms. The van der Waals surface area contributed by atoms with Gasteiger partial charge in [-0.2, -0.15) is 15.1 Å². The molecule has 5 atom stereocenters. The number of fused-ring (bicyclic) bond motifs is 2. The number of rotatable bonds is 11. The van der Waals surface area contributed by atoms with Crippen LogP contribution in [0.2, 0.25) is 0 Å². The van der Waals surface area contributed by atoms with Crippen molar-refractivity contribution in [2.75, 3.05) is 19.5 Å². The van der Waals surface area contributed by atoms with Crippen LogP contribution in [0.3, 0.4) is 0 Å². The molecule has 4 aromatic rings. The highest BCUT2D eigenvalue weighted by Gasteiger charge is 2.40. The van der Waals surface area contributed by atoms with Crippen molar-refractivity contribution in [1.29, 1.82) is 0 Å². The molecular formula is C27H33N6O8P. The number of nitrogens with zero attached hydrogens (tertiary/aromatic N) is 4. The molecule has 14 nitrogen and oxygen atoms in total. The van der Waals surface area contributed by atoms with Crippen molar-refractivity contribution >= 4 is 41.6 Å². The molecule has 0 radical (unpaired) electrons. The lowest BCUT2D eigenvalue weighted by Crippen LogP contribution is -2.37. The molecule has 1 aliphatic heterocycles. The van der Waals surface area contributed by atoms with Gasteiger partial charge in [-0.3, -0.25) is 13.9 Å². The average molecular weight is 601 g/mol. The minimum Gasteiger partial charge on any atom is -0.479 e. The fraction of sp³-hybridized carbons (Fsp3) is 0.407. The lowest BCUT2D eigenvalue weighted by atomic mass is 10.1. The number of hydrogen-bond acceptors (Lipinski definition) is 12. The zero-order valence-electron chi connectivity index (χ0n) is 23.5. The Bertz CT molecular complexity index is 1630. The van der Waals surface area contributed by atoms with E-state index in [-0.39, 0.29) is 36.7 Å². The van der Waals surface area contributed by atoms with Gasteiger partial charge < -0.3 is 29.6 Å². The number of esters is 1. The highest BCUT2D eigenvalue weighted by molar-refractivity contribution is 7.52. The summed E-state index contributed by atoms with van der Waals surface area (Å²) in [5.74, 6) is -0.147. The lowest BCUT2D eigenvalue weighted by Gasteiger charge is -2.25. The monoisotopic (exact) mass is 600 g/mol. The van der Waals surface area contributed by atoms with Gasteiger partial charge in [0.2, 0.25) is 11.8 Å². The predicted octanol–water partition coefficient (Wildman–Crippen LogP) is 3.35. The molecule has 2 aromatic heterocycles. The molecule has 0 saturated carbocycles. The Morgan fingerprint density at radius 3 is 2.74 bits per heavy atom. The Labute approximate surface area is 241 Å². The molecule has 15 heteroatoms. The Balaban J connectivity index is 1.36. The van der Waals surface area contributed by atoms with E-state index in [0.29, 0.717) is 16.6 Å². The van der Waals surface area contributed by atoms with Gasteiger partial charge in [0.05, 0.1) is 32.3 Å². The Morgan fingerprint density at radius 1 is 1.21 bits per heavy atom. The van der Waals surface area contributed by atoms with E-state index in [1.807, 2.05) is 30.3 Å². The summed E-state index contributed by atoms with van der Waals surface area (Å²) in [6, 6.07) is 11.7. The number of imidazole rings is 1. The number of nitrogen functional groups attached to an aromatic ring is 1. The van der Waals surface area contributed by atoms with E-state index in [4.69, 9.17) is 29.0 Å². The van der Waals surface area contributed by atoms with Crippen LogP contribution < -0.4 is 20.1 Å². The van der Waals surface area contributed by atoms with Crippen LogP contribution in [0.1, 0.15) is 33.4 Å². The van der Waals surface area contributed by atoms with Crippen LogP contribution in [0.5, 0.6) is 11.6 Å². The van der Waals surface area contributed by atoms with Gasteiger partial charge in [-0.25, -0.2) is 9.55 Å². The molecule has 0 bridgehead atoms. The molecule has 2 unspecified atom stereocenters. The molecule has 5 rings (SSSR count). The largest absolute Gasteiger partial charge is 0.479 e. The Morgan fingerprint density at radius 2 is 1.98 bits per heavy atom. The van der Waals surface area contributed by atoms with E-state index in [9.17, 15) is 14.5 Å². The van der Waals surface area contributed by atoms with Crippen LogP contribution in [0, 0.1) is 0 Å². The van der Waals surface area contributed by atoms with E-state index in [0.717, 1.165) is 5.39 Å². The van der Waals surface area contributed by atoms with Crippen molar-refractivity contribution in [1.82, 2.24) is 24.6 Å². The molecule has 1 fully saturated rings. The summed E-state index contributed by atoms with van der Waals surface area (Å²) in [7, 11) is -2.79. The standard InChI is InChI=1S/C27H33N6O8P/c1-15(2)39-26(35)16(3)32-42(36,41-20-11-7-9-17-8-5-6-10-18(17)20)38-13-21-19(34)12-22(40-21)33-14-29-23-24(33)30-27(28)31-25(23)37-4/h5-11,14-16,19,21-22,34H,12-13H2,1-4H3,(H,32,36)(H2,28,30,31)/t16-,19+,21?,22+,42?/m0/s1. The zero-order valence-corrected chi connectivity index (χ0v) is 24.4. The summed E-state index contributed by atoms with van der Waals surface area (Å²) >= 11 is 0. The number of carbonyl (C=O) groups excluding carboxylic acids is 1. The summed E-state index contributed by atoms with van der Waals surface area (Å²) in [4.78, 5) is 25.1. The quantitative estimate of drug-likeness (QED) is 0.168. The number of aliphatic hydroxyl groups excluding tert-OH is 1. The topological polar surface area (TPSA) is 182 Å². The summed E-state index contributed by atoms with van der Waals surface area (Å²) in [6.45, 7) is 4.59. The normalized spacial score (nSPS) is 21.0. The smallest absolute Gasteiger partial charge is 0.459 e. The molecule has 1 aliphatic rings. The number of aliphatic hydroxyl groups is 1. The van der Waals surface area contributed by atoms with Crippen molar-refractivity contribution in [3.05, 3.63) is 48.8 Å². The number of anilines is 1. The third kappa shape index (κ3) is 6.32. The van der Waals surface area contributed by atoms with Crippen LogP contribution in [0.4, 0.5) is 5.95 Å². The second kappa shape index (κ2) is 12.2. The number of ether oxygens (including phenoxy) is 3. The zero-order chi connectivity index (χ0) is 30.0. The fourth-order valence-electron chi connectivity index (χ4n) is 4.59. The van der Waals surface area contributed by atoms with E-state index in [1.165, 1.54) is 20.4 Å². The van der Waals surface area contributed by atoms with Crippen molar-refractivity contribution in [3.8, 4) is 11.6 Å². The number of carbonyl (C=O) groups is 1. The maximum atomic E-state index is 14.1. The number of benzene rings is 2. The van der Waals surface area contributed by atoms with Crippen LogP contribution in [-0.2, 0) is 23.4 Å². The SMILES string of the molecule is COc1nc(N)nc2c1ncn2[C@H]1C[C@@H](O)C(COP(=O)(N[C@@H](C)C(=O)OC(C)C)Oc2cccc3ccccc23)O1. The fourth-order valence-corrected chi connectivity index (χ4v) is 6.11. The van der Waals surface area contributed by atoms with Gasteiger partial charge in [0.1, 0.15) is 24.1 Å².